The molecule has 0 radical (unpaired) electrons. The Hall–Kier alpha value is -0.420. The van der Waals surface area contributed by atoms with Crippen LogP contribution < -0.4 is 0 Å². The largest absolute Gasteiger partial charge is 0.464 e. The van der Waals surface area contributed by atoms with Gasteiger partial charge in [0.25, 0.3) is 0 Å². The van der Waals surface area contributed by atoms with Gasteiger partial charge >= 0.3 is 5.97 Å². The van der Waals surface area contributed by atoms with E-state index in [1.807, 2.05) is 0 Å². The van der Waals surface area contributed by atoms with Crippen LogP contribution in [0.4, 0.5) is 0 Å². The molecular formula is C8H10BrNO2S. The molecule has 13 heavy (non-hydrogen) atoms. The van der Waals surface area contributed by atoms with Crippen LogP contribution in [0, 0.1) is 0 Å². The summed E-state index contributed by atoms with van der Waals surface area (Å²) in [5.41, 5.74) is 0. The van der Waals surface area contributed by atoms with Crippen molar-refractivity contribution in [3.63, 3.8) is 0 Å². The normalized spacial score (nSPS) is 10.0. The molecule has 0 fully saturated rings. The van der Waals surface area contributed by atoms with Crippen molar-refractivity contribution in [1.82, 2.24) is 4.98 Å². The first-order chi connectivity index (χ1) is 6.27. The number of carbonyl (C=O) groups excluding carboxylic acids is 1. The second-order valence-corrected chi connectivity index (χ2v) is 4.32. The predicted molar refractivity (Wildman–Crippen MR) is 55.6 cm³/mol. The number of hydrogen-bond acceptors (Lipinski definition) is 4. The molecule has 0 atom stereocenters. The molecule has 3 nitrogen and oxygen atoms in total. The van der Waals surface area contributed by atoms with Crippen molar-refractivity contribution in [2.45, 2.75) is 12.8 Å². The first kappa shape index (κ1) is 10.7. The van der Waals surface area contributed by atoms with Crippen LogP contribution in [0.25, 0.3) is 0 Å². The van der Waals surface area contributed by atoms with Crippen LogP contribution in [0.5, 0.6) is 0 Å². The fourth-order valence-corrected chi connectivity index (χ4v) is 2.00. The smallest absolute Gasteiger partial charge is 0.367 e. The van der Waals surface area contributed by atoms with Crippen molar-refractivity contribution in [3.05, 3.63) is 16.1 Å². The second kappa shape index (κ2) is 5.34. The summed E-state index contributed by atoms with van der Waals surface area (Å²) in [6.45, 7) is 0. The van der Waals surface area contributed by atoms with Gasteiger partial charge < -0.3 is 4.74 Å². The minimum atomic E-state index is -0.352. The Balaban J connectivity index is 2.58. The van der Waals surface area contributed by atoms with E-state index in [0.29, 0.717) is 5.01 Å². The van der Waals surface area contributed by atoms with Crippen LogP contribution in [0.15, 0.2) is 6.20 Å². The molecule has 5 heteroatoms. The number of aryl methyl sites for hydroxylation is 1. The molecule has 1 rings (SSSR count). The average molecular weight is 264 g/mol. The fraction of sp³-hybridized carbons (Fsp3) is 0.500. The minimum Gasteiger partial charge on any atom is -0.464 e. The van der Waals surface area contributed by atoms with Gasteiger partial charge in [-0.3, -0.25) is 0 Å². The number of esters is 1. The van der Waals surface area contributed by atoms with E-state index in [1.54, 1.807) is 6.20 Å². The zero-order chi connectivity index (χ0) is 9.68. The summed E-state index contributed by atoms with van der Waals surface area (Å²) in [6.07, 6.45) is 3.75. The highest BCUT2D eigenvalue weighted by molar-refractivity contribution is 9.09. The highest BCUT2D eigenvalue weighted by Crippen LogP contribution is 2.15. The molecular weight excluding hydrogens is 254 g/mol. The minimum absolute atomic E-state index is 0.352. The van der Waals surface area contributed by atoms with Crippen molar-refractivity contribution < 1.29 is 9.53 Å². The van der Waals surface area contributed by atoms with Crippen molar-refractivity contribution in [3.8, 4) is 0 Å². The Morgan fingerprint density at radius 2 is 2.54 bits per heavy atom. The van der Waals surface area contributed by atoms with Gasteiger partial charge in [-0.1, -0.05) is 15.9 Å². The zero-order valence-electron chi connectivity index (χ0n) is 7.25. The van der Waals surface area contributed by atoms with Gasteiger partial charge in [-0.05, 0) is 12.8 Å². The molecule has 0 N–H and O–H groups in total. The summed E-state index contributed by atoms with van der Waals surface area (Å²) in [5, 5.41) is 1.41. The van der Waals surface area contributed by atoms with Gasteiger partial charge in [0.1, 0.15) is 0 Å². The standard InChI is InChI=1S/C8H10BrNO2S/c1-12-8(11)7-10-5-6(13-7)3-2-4-9/h5H,2-4H2,1H3. The molecule has 0 aliphatic rings. The molecule has 0 saturated carbocycles. The topological polar surface area (TPSA) is 39.2 Å². The molecule has 1 aromatic rings. The van der Waals surface area contributed by atoms with Crippen LogP contribution in [0.1, 0.15) is 21.1 Å². The summed E-state index contributed by atoms with van der Waals surface area (Å²) >= 11 is 4.75. The zero-order valence-corrected chi connectivity index (χ0v) is 9.65. The quantitative estimate of drug-likeness (QED) is 0.618. The van der Waals surface area contributed by atoms with E-state index < -0.39 is 0 Å². The first-order valence-corrected chi connectivity index (χ1v) is 5.80. The third kappa shape index (κ3) is 3.08. The van der Waals surface area contributed by atoms with E-state index in [4.69, 9.17) is 0 Å². The molecule has 0 amide bonds. The number of nitrogens with zero attached hydrogens (tertiary/aromatic N) is 1. The van der Waals surface area contributed by atoms with Gasteiger partial charge in [0.15, 0.2) is 0 Å². The van der Waals surface area contributed by atoms with E-state index in [-0.39, 0.29) is 5.97 Å². The number of carbonyl (C=O) groups is 1. The monoisotopic (exact) mass is 263 g/mol. The van der Waals surface area contributed by atoms with Gasteiger partial charge in [-0.25, -0.2) is 9.78 Å². The second-order valence-electron chi connectivity index (χ2n) is 2.42. The molecule has 1 heterocycles. The van der Waals surface area contributed by atoms with Crippen molar-refractivity contribution in [2.75, 3.05) is 12.4 Å². The van der Waals surface area contributed by atoms with Gasteiger partial charge in [-0.15, -0.1) is 11.3 Å². The van der Waals surface area contributed by atoms with Crippen molar-refractivity contribution >= 4 is 33.2 Å². The highest BCUT2D eigenvalue weighted by Gasteiger charge is 2.10. The Morgan fingerprint density at radius 3 is 3.15 bits per heavy atom. The van der Waals surface area contributed by atoms with Crippen LogP contribution in [-0.2, 0) is 11.2 Å². The number of halogens is 1. The molecule has 0 spiro atoms. The molecule has 0 unspecified atom stereocenters. The molecule has 1 aromatic heterocycles. The number of thiazole rings is 1. The lowest BCUT2D eigenvalue weighted by Gasteiger charge is -1.91. The molecule has 72 valence electrons. The first-order valence-electron chi connectivity index (χ1n) is 3.87. The number of aromatic nitrogens is 1. The fourth-order valence-electron chi connectivity index (χ4n) is 0.846. The van der Waals surface area contributed by atoms with E-state index in [1.165, 1.54) is 18.4 Å². The number of rotatable bonds is 4. The molecule has 0 aliphatic carbocycles. The maximum absolute atomic E-state index is 11.0. The summed E-state index contributed by atoms with van der Waals surface area (Å²) < 4.78 is 4.55. The molecule has 0 aliphatic heterocycles. The van der Waals surface area contributed by atoms with E-state index in [0.717, 1.165) is 23.0 Å². The van der Waals surface area contributed by atoms with Gasteiger partial charge in [0.05, 0.1) is 7.11 Å². The maximum atomic E-state index is 11.0. The average Bonchev–Trinajstić information content (AvgIpc) is 2.62. The van der Waals surface area contributed by atoms with Crippen LogP contribution in [0.3, 0.4) is 0 Å². The Labute approximate surface area is 89.3 Å². The summed E-state index contributed by atoms with van der Waals surface area (Å²) in [6, 6.07) is 0. The van der Waals surface area contributed by atoms with Gasteiger partial charge in [0.2, 0.25) is 5.01 Å². The number of methoxy groups -OCH3 is 1. The summed E-state index contributed by atoms with van der Waals surface area (Å²) in [7, 11) is 1.36. The Bertz CT molecular complexity index is 287. The molecule has 0 aromatic carbocycles. The van der Waals surface area contributed by atoms with Crippen LogP contribution >= 0.6 is 27.3 Å². The maximum Gasteiger partial charge on any atom is 0.367 e. The van der Waals surface area contributed by atoms with Gasteiger partial charge in [-0.2, -0.15) is 0 Å². The summed E-state index contributed by atoms with van der Waals surface area (Å²) in [4.78, 5) is 16.1. The number of ether oxygens (including phenoxy) is 1. The molecule has 0 saturated heterocycles. The lowest BCUT2D eigenvalue weighted by molar-refractivity contribution is 0.0600. The van der Waals surface area contributed by atoms with Crippen LogP contribution in [0.2, 0.25) is 0 Å². The number of alkyl halides is 1. The summed E-state index contributed by atoms with van der Waals surface area (Å²) in [5.74, 6) is -0.352. The predicted octanol–water partition coefficient (Wildman–Crippen LogP) is 2.26. The van der Waals surface area contributed by atoms with E-state index >= 15 is 0 Å². The lowest BCUT2D eigenvalue weighted by atomic mass is 10.3. The SMILES string of the molecule is COC(=O)c1ncc(CCCBr)s1. The van der Waals surface area contributed by atoms with Crippen molar-refractivity contribution in [1.29, 1.82) is 0 Å². The van der Waals surface area contributed by atoms with Gasteiger partial charge in [0, 0.05) is 16.4 Å². The van der Waals surface area contributed by atoms with Crippen LogP contribution in [-0.4, -0.2) is 23.4 Å². The highest BCUT2D eigenvalue weighted by atomic mass is 79.9. The van der Waals surface area contributed by atoms with E-state index in [9.17, 15) is 4.79 Å². The third-order valence-electron chi connectivity index (χ3n) is 1.47. The third-order valence-corrected chi connectivity index (χ3v) is 3.07. The lowest BCUT2D eigenvalue weighted by Crippen LogP contribution is -1.98. The Morgan fingerprint density at radius 1 is 1.77 bits per heavy atom. The van der Waals surface area contributed by atoms with E-state index in [2.05, 4.69) is 25.7 Å². The number of hydrogen-bond donors (Lipinski definition) is 0. The molecule has 0 bridgehead atoms. The van der Waals surface area contributed by atoms with Crippen molar-refractivity contribution in [2.24, 2.45) is 0 Å². The Kier molecular flexibility index (Phi) is 4.38.